The Bertz CT molecular complexity index is 273. The van der Waals surface area contributed by atoms with E-state index in [0.717, 1.165) is 12.0 Å². The van der Waals surface area contributed by atoms with Crippen LogP contribution in [-0.2, 0) is 0 Å². The van der Waals surface area contributed by atoms with Crippen LogP contribution in [0.4, 0.5) is 0 Å². The molecule has 0 saturated heterocycles. The lowest BCUT2D eigenvalue weighted by atomic mass is 10.1. The van der Waals surface area contributed by atoms with Crippen LogP contribution >= 0.6 is 23.2 Å². The summed E-state index contributed by atoms with van der Waals surface area (Å²) in [6, 6.07) is 5.33. The second-order valence-electron chi connectivity index (χ2n) is 2.68. The van der Waals surface area contributed by atoms with Gasteiger partial charge in [0.2, 0.25) is 0 Å². The zero-order chi connectivity index (χ0) is 9.14. The summed E-state index contributed by atoms with van der Waals surface area (Å²) in [6.07, 6.45) is 0.861. The first-order valence-electron chi connectivity index (χ1n) is 3.85. The van der Waals surface area contributed by atoms with E-state index < -0.39 is 0 Å². The van der Waals surface area contributed by atoms with Gasteiger partial charge in [-0.1, -0.05) is 30.1 Å². The molecule has 0 bridgehead atoms. The van der Waals surface area contributed by atoms with E-state index in [1.54, 1.807) is 12.1 Å². The summed E-state index contributed by atoms with van der Waals surface area (Å²) in [5, 5.41) is 1.37. The average molecular weight is 204 g/mol. The summed E-state index contributed by atoms with van der Waals surface area (Å²) in [4.78, 5) is 0. The first-order valence-corrected chi connectivity index (χ1v) is 4.61. The quantitative estimate of drug-likeness (QED) is 0.784. The molecule has 1 aromatic rings. The number of hydrogen-bond acceptors (Lipinski definition) is 1. The van der Waals surface area contributed by atoms with Crippen LogP contribution in [-0.4, -0.2) is 0 Å². The molecule has 0 spiro atoms. The predicted molar refractivity (Wildman–Crippen MR) is 53.7 cm³/mol. The van der Waals surface area contributed by atoms with Crippen LogP contribution in [0, 0.1) is 0 Å². The minimum absolute atomic E-state index is 0.0174. The minimum atomic E-state index is -0.0174. The third-order valence-corrected chi connectivity index (χ3v) is 2.38. The van der Waals surface area contributed by atoms with Crippen molar-refractivity contribution in [2.75, 3.05) is 0 Å². The summed E-state index contributed by atoms with van der Waals surface area (Å²) in [5.74, 6) is 0. The van der Waals surface area contributed by atoms with E-state index >= 15 is 0 Å². The van der Waals surface area contributed by atoms with Gasteiger partial charge >= 0.3 is 0 Å². The molecule has 0 fully saturated rings. The molecule has 0 aliphatic heterocycles. The van der Waals surface area contributed by atoms with E-state index in [-0.39, 0.29) is 6.04 Å². The van der Waals surface area contributed by atoms with E-state index in [1.165, 1.54) is 0 Å². The van der Waals surface area contributed by atoms with Crippen molar-refractivity contribution >= 4 is 23.2 Å². The number of nitrogens with two attached hydrogens (primary N) is 1. The average Bonchev–Trinajstić information content (AvgIpc) is 2.08. The lowest BCUT2D eigenvalue weighted by molar-refractivity contribution is 0.699. The van der Waals surface area contributed by atoms with Crippen LogP contribution in [0.5, 0.6) is 0 Å². The van der Waals surface area contributed by atoms with Gasteiger partial charge in [0.15, 0.2) is 0 Å². The SMILES string of the molecule is CC[C@H](N)c1cc(Cl)ccc1Cl. The van der Waals surface area contributed by atoms with Crippen molar-refractivity contribution in [3.8, 4) is 0 Å². The highest BCUT2D eigenvalue weighted by Crippen LogP contribution is 2.26. The molecule has 1 rings (SSSR count). The van der Waals surface area contributed by atoms with Gasteiger partial charge in [0.1, 0.15) is 0 Å². The molecule has 0 amide bonds. The molecule has 0 heterocycles. The Labute approximate surface area is 82.5 Å². The third kappa shape index (κ3) is 2.13. The monoisotopic (exact) mass is 203 g/mol. The van der Waals surface area contributed by atoms with E-state index in [2.05, 4.69) is 0 Å². The van der Waals surface area contributed by atoms with Gasteiger partial charge in [-0.3, -0.25) is 0 Å². The van der Waals surface area contributed by atoms with Crippen LogP contribution < -0.4 is 5.73 Å². The summed E-state index contributed by atoms with van der Waals surface area (Å²) in [6.45, 7) is 2.02. The first-order chi connectivity index (χ1) is 5.65. The smallest absolute Gasteiger partial charge is 0.0454 e. The molecule has 1 aromatic carbocycles. The molecule has 0 aliphatic carbocycles. The molecular formula is C9H11Cl2N. The molecule has 0 aliphatic rings. The molecular weight excluding hydrogens is 193 g/mol. The Balaban J connectivity index is 3.04. The van der Waals surface area contributed by atoms with Crippen molar-refractivity contribution in [2.24, 2.45) is 5.73 Å². The maximum Gasteiger partial charge on any atom is 0.0454 e. The normalized spacial score (nSPS) is 13.0. The molecule has 1 nitrogen and oxygen atoms in total. The van der Waals surface area contributed by atoms with Gasteiger partial charge in [0.05, 0.1) is 0 Å². The first kappa shape index (κ1) is 9.85. The second-order valence-corrected chi connectivity index (χ2v) is 3.52. The van der Waals surface area contributed by atoms with Crippen LogP contribution in [0.15, 0.2) is 18.2 Å². The van der Waals surface area contributed by atoms with Crippen molar-refractivity contribution in [3.05, 3.63) is 33.8 Å². The van der Waals surface area contributed by atoms with Gasteiger partial charge in [-0.15, -0.1) is 0 Å². The molecule has 3 heteroatoms. The Hall–Kier alpha value is -0.240. The highest BCUT2D eigenvalue weighted by atomic mass is 35.5. The van der Waals surface area contributed by atoms with Crippen LogP contribution in [0.3, 0.4) is 0 Å². The van der Waals surface area contributed by atoms with Crippen LogP contribution in [0.2, 0.25) is 10.0 Å². The highest BCUT2D eigenvalue weighted by Gasteiger charge is 2.07. The fraction of sp³-hybridized carbons (Fsp3) is 0.333. The Morgan fingerprint density at radius 1 is 1.42 bits per heavy atom. The van der Waals surface area contributed by atoms with E-state index in [4.69, 9.17) is 28.9 Å². The summed E-state index contributed by atoms with van der Waals surface area (Å²) >= 11 is 11.7. The van der Waals surface area contributed by atoms with Gasteiger partial charge in [-0.05, 0) is 30.2 Å². The third-order valence-electron chi connectivity index (χ3n) is 1.80. The van der Waals surface area contributed by atoms with Crippen LogP contribution in [0.1, 0.15) is 24.9 Å². The minimum Gasteiger partial charge on any atom is -0.324 e. The highest BCUT2D eigenvalue weighted by molar-refractivity contribution is 6.33. The molecule has 1 atom stereocenters. The zero-order valence-corrected chi connectivity index (χ0v) is 8.36. The maximum absolute atomic E-state index is 5.93. The van der Waals surface area contributed by atoms with Crippen molar-refractivity contribution in [1.29, 1.82) is 0 Å². The number of hydrogen-bond donors (Lipinski definition) is 1. The zero-order valence-electron chi connectivity index (χ0n) is 6.85. The standard InChI is InChI=1S/C9H11Cl2N/c1-2-9(12)7-5-6(10)3-4-8(7)11/h3-5,9H,2,12H2,1H3/t9-/m0/s1. The van der Waals surface area contributed by atoms with E-state index in [1.807, 2.05) is 13.0 Å². The Morgan fingerprint density at radius 3 is 2.67 bits per heavy atom. The van der Waals surface area contributed by atoms with Crippen molar-refractivity contribution in [3.63, 3.8) is 0 Å². The second kappa shape index (κ2) is 4.13. The molecule has 0 unspecified atom stereocenters. The van der Waals surface area contributed by atoms with Gasteiger partial charge in [-0.25, -0.2) is 0 Å². The predicted octanol–water partition coefficient (Wildman–Crippen LogP) is 3.40. The summed E-state index contributed by atoms with van der Waals surface area (Å²) in [7, 11) is 0. The van der Waals surface area contributed by atoms with Crippen molar-refractivity contribution < 1.29 is 0 Å². The summed E-state index contributed by atoms with van der Waals surface area (Å²) in [5.41, 5.74) is 6.74. The van der Waals surface area contributed by atoms with Gasteiger partial charge in [0, 0.05) is 16.1 Å². The number of benzene rings is 1. The van der Waals surface area contributed by atoms with Gasteiger partial charge in [-0.2, -0.15) is 0 Å². The van der Waals surface area contributed by atoms with Crippen LogP contribution in [0.25, 0.3) is 0 Å². The van der Waals surface area contributed by atoms with E-state index in [0.29, 0.717) is 10.0 Å². The molecule has 66 valence electrons. The fourth-order valence-electron chi connectivity index (χ4n) is 1.02. The molecule has 2 N–H and O–H groups in total. The van der Waals surface area contributed by atoms with Gasteiger partial charge in [0.25, 0.3) is 0 Å². The Morgan fingerprint density at radius 2 is 2.08 bits per heavy atom. The fourth-order valence-corrected chi connectivity index (χ4v) is 1.46. The van der Waals surface area contributed by atoms with Crippen molar-refractivity contribution in [1.82, 2.24) is 0 Å². The maximum atomic E-state index is 5.93. The summed E-state index contributed by atoms with van der Waals surface area (Å²) < 4.78 is 0. The van der Waals surface area contributed by atoms with Crippen molar-refractivity contribution in [2.45, 2.75) is 19.4 Å². The van der Waals surface area contributed by atoms with Gasteiger partial charge < -0.3 is 5.73 Å². The lowest BCUT2D eigenvalue weighted by Crippen LogP contribution is -2.08. The lowest BCUT2D eigenvalue weighted by Gasteiger charge is -2.10. The van der Waals surface area contributed by atoms with E-state index in [9.17, 15) is 0 Å². The molecule has 0 radical (unpaired) electrons. The molecule has 12 heavy (non-hydrogen) atoms. The molecule has 0 aromatic heterocycles. The largest absolute Gasteiger partial charge is 0.324 e. The number of halogens is 2. The number of rotatable bonds is 2. The Kier molecular flexibility index (Phi) is 3.39. The molecule has 0 saturated carbocycles. The topological polar surface area (TPSA) is 26.0 Å².